The number of amides is 1. The molecule has 0 unspecified atom stereocenters. The topological polar surface area (TPSA) is 49.3 Å². The second-order valence-corrected chi connectivity index (χ2v) is 5.45. The van der Waals surface area contributed by atoms with Crippen molar-refractivity contribution >= 4 is 11.6 Å². The van der Waals surface area contributed by atoms with Crippen molar-refractivity contribution in [3.8, 4) is 0 Å². The van der Waals surface area contributed by atoms with Gasteiger partial charge in [-0.2, -0.15) is 0 Å². The first-order chi connectivity index (χ1) is 10.3. The molecule has 0 spiro atoms. The van der Waals surface area contributed by atoms with Gasteiger partial charge >= 0.3 is 0 Å². The van der Waals surface area contributed by atoms with Crippen LogP contribution in [0.5, 0.6) is 0 Å². The van der Waals surface area contributed by atoms with E-state index in [1.165, 1.54) is 17.5 Å². The lowest BCUT2D eigenvalue weighted by atomic mass is 9.90. The summed E-state index contributed by atoms with van der Waals surface area (Å²) in [4.78, 5) is 12.2. The third-order valence-corrected chi connectivity index (χ3v) is 4.02. The molecule has 1 amide bonds. The van der Waals surface area contributed by atoms with Crippen molar-refractivity contribution in [2.24, 2.45) is 0 Å². The van der Waals surface area contributed by atoms with Gasteiger partial charge < -0.3 is 10.4 Å². The minimum Gasteiger partial charge on any atom is -0.378 e. The zero-order valence-electron chi connectivity index (χ0n) is 11.9. The van der Waals surface area contributed by atoms with Gasteiger partial charge in [-0.15, -0.1) is 0 Å². The molecule has 3 rings (SSSR count). The van der Waals surface area contributed by atoms with E-state index in [1.54, 1.807) is 12.1 Å². The smallest absolute Gasteiger partial charge is 0.257 e. The van der Waals surface area contributed by atoms with Crippen LogP contribution in [-0.4, -0.2) is 11.0 Å². The van der Waals surface area contributed by atoms with Crippen molar-refractivity contribution in [1.29, 1.82) is 0 Å². The minimum atomic E-state index is -1.13. The number of aliphatic hydroxyl groups is 1. The van der Waals surface area contributed by atoms with E-state index < -0.39 is 6.10 Å². The fraction of sp³-hybridized carbons (Fsp3) is 0.278. The van der Waals surface area contributed by atoms with Crippen LogP contribution in [0.1, 0.15) is 35.6 Å². The predicted molar refractivity (Wildman–Crippen MR) is 83.1 cm³/mol. The highest BCUT2D eigenvalue weighted by molar-refractivity contribution is 5.95. The maximum absolute atomic E-state index is 12.2. The zero-order chi connectivity index (χ0) is 14.7. The molecule has 0 aromatic heterocycles. The Morgan fingerprint density at radius 2 is 1.76 bits per heavy atom. The van der Waals surface area contributed by atoms with E-state index in [2.05, 4.69) is 11.4 Å². The molecule has 108 valence electrons. The number of carbonyl (C=O) groups is 1. The molecule has 1 aliphatic carbocycles. The highest BCUT2D eigenvalue weighted by Crippen LogP contribution is 2.28. The average Bonchev–Trinajstić information content (AvgIpc) is 2.55. The molecular weight excluding hydrogens is 262 g/mol. The Kier molecular flexibility index (Phi) is 4.02. The van der Waals surface area contributed by atoms with Crippen molar-refractivity contribution < 1.29 is 9.90 Å². The molecule has 2 N–H and O–H groups in total. The minimum absolute atomic E-state index is 0.375. The van der Waals surface area contributed by atoms with Crippen LogP contribution < -0.4 is 5.32 Å². The number of hydrogen-bond donors (Lipinski definition) is 2. The van der Waals surface area contributed by atoms with Crippen LogP contribution in [0.4, 0.5) is 5.69 Å². The van der Waals surface area contributed by atoms with Crippen LogP contribution in [0, 0.1) is 0 Å². The number of anilines is 1. The number of aryl methyl sites for hydroxylation is 1. The number of nitrogens with one attached hydrogen (secondary N) is 1. The first-order valence-electron chi connectivity index (χ1n) is 7.40. The number of hydrogen-bond acceptors (Lipinski definition) is 2. The summed E-state index contributed by atoms with van der Waals surface area (Å²) in [5.74, 6) is -0.375. The van der Waals surface area contributed by atoms with Gasteiger partial charge in [-0.05, 0) is 48.4 Å². The number of aliphatic hydroxyl groups excluding tert-OH is 1. The lowest BCUT2D eigenvalue weighted by Crippen LogP contribution is -2.22. The van der Waals surface area contributed by atoms with Crippen LogP contribution >= 0.6 is 0 Å². The van der Waals surface area contributed by atoms with Crippen LogP contribution in [0.25, 0.3) is 0 Å². The molecule has 21 heavy (non-hydrogen) atoms. The van der Waals surface area contributed by atoms with Gasteiger partial charge in [0.15, 0.2) is 6.10 Å². The second-order valence-electron chi connectivity index (χ2n) is 5.45. The summed E-state index contributed by atoms with van der Waals surface area (Å²) in [6, 6.07) is 15.0. The molecule has 0 heterocycles. The summed E-state index contributed by atoms with van der Waals surface area (Å²) < 4.78 is 0. The number of carbonyl (C=O) groups excluding carboxylic acids is 1. The Bertz CT molecular complexity index is 637. The van der Waals surface area contributed by atoms with Crippen LogP contribution in [0.3, 0.4) is 0 Å². The summed E-state index contributed by atoms with van der Waals surface area (Å²) in [5, 5.41) is 13.0. The van der Waals surface area contributed by atoms with Crippen molar-refractivity contribution in [1.82, 2.24) is 0 Å². The van der Waals surface area contributed by atoms with E-state index in [-0.39, 0.29) is 5.91 Å². The summed E-state index contributed by atoms with van der Waals surface area (Å²) in [7, 11) is 0. The molecule has 0 bridgehead atoms. The lowest BCUT2D eigenvalue weighted by molar-refractivity contribution is -0.124. The summed E-state index contributed by atoms with van der Waals surface area (Å²) in [5.41, 5.74) is 3.98. The Morgan fingerprint density at radius 1 is 1.00 bits per heavy atom. The van der Waals surface area contributed by atoms with Gasteiger partial charge in [0.05, 0.1) is 0 Å². The third kappa shape index (κ3) is 2.98. The lowest BCUT2D eigenvalue weighted by Gasteiger charge is -2.20. The Hall–Kier alpha value is -2.13. The molecule has 1 atom stereocenters. The van der Waals surface area contributed by atoms with Crippen molar-refractivity contribution in [2.75, 3.05) is 5.32 Å². The van der Waals surface area contributed by atoms with E-state index in [4.69, 9.17) is 0 Å². The quantitative estimate of drug-likeness (QED) is 0.907. The molecule has 0 saturated carbocycles. The van der Waals surface area contributed by atoms with Gasteiger partial charge in [-0.3, -0.25) is 4.79 Å². The summed E-state index contributed by atoms with van der Waals surface area (Å²) >= 11 is 0. The van der Waals surface area contributed by atoms with E-state index in [9.17, 15) is 9.90 Å². The number of benzene rings is 2. The predicted octanol–water partition coefficient (Wildman–Crippen LogP) is 3.24. The SMILES string of the molecule is O=C(Nc1cccc2c1CCCC2)[C@H](O)c1ccccc1. The molecule has 2 aromatic rings. The Labute approximate surface area is 124 Å². The highest BCUT2D eigenvalue weighted by Gasteiger charge is 2.20. The van der Waals surface area contributed by atoms with Gasteiger partial charge in [0.2, 0.25) is 0 Å². The number of rotatable bonds is 3. The fourth-order valence-corrected chi connectivity index (χ4v) is 2.89. The third-order valence-electron chi connectivity index (χ3n) is 4.02. The van der Waals surface area contributed by atoms with Crippen LogP contribution in [0.2, 0.25) is 0 Å². The number of fused-ring (bicyclic) bond motifs is 1. The Balaban J connectivity index is 1.79. The molecule has 3 heteroatoms. The summed E-state index contributed by atoms with van der Waals surface area (Å²) in [6.07, 6.45) is 3.29. The van der Waals surface area contributed by atoms with E-state index in [0.29, 0.717) is 5.56 Å². The van der Waals surface area contributed by atoms with Gasteiger partial charge in [0, 0.05) is 5.69 Å². The first kappa shape index (κ1) is 13.8. The standard InChI is InChI=1S/C18H19NO2/c20-17(14-8-2-1-3-9-14)18(21)19-16-12-6-10-13-7-4-5-11-15(13)16/h1-3,6,8-10,12,17,20H,4-5,7,11H2,(H,19,21)/t17-/m1/s1. The maximum Gasteiger partial charge on any atom is 0.257 e. The largest absolute Gasteiger partial charge is 0.378 e. The van der Waals surface area contributed by atoms with Crippen LogP contribution in [0.15, 0.2) is 48.5 Å². The molecule has 0 aliphatic heterocycles. The van der Waals surface area contributed by atoms with Crippen molar-refractivity contribution in [3.63, 3.8) is 0 Å². The second kappa shape index (κ2) is 6.10. The van der Waals surface area contributed by atoms with E-state index in [1.807, 2.05) is 30.3 Å². The van der Waals surface area contributed by atoms with E-state index in [0.717, 1.165) is 24.9 Å². The van der Waals surface area contributed by atoms with E-state index >= 15 is 0 Å². The molecule has 1 aliphatic rings. The van der Waals surface area contributed by atoms with Gasteiger partial charge in [-0.25, -0.2) is 0 Å². The molecule has 0 radical (unpaired) electrons. The molecule has 0 fully saturated rings. The van der Waals surface area contributed by atoms with Crippen LogP contribution in [-0.2, 0) is 17.6 Å². The average molecular weight is 281 g/mol. The molecule has 2 aromatic carbocycles. The molecule has 3 nitrogen and oxygen atoms in total. The normalized spacial score (nSPS) is 15.1. The van der Waals surface area contributed by atoms with Crippen molar-refractivity contribution in [2.45, 2.75) is 31.8 Å². The fourth-order valence-electron chi connectivity index (χ4n) is 2.89. The van der Waals surface area contributed by atoms with Gasteiger partial charge in [0.25, 0.3) is 5.91 Å². The highest BCUT2D eigenvalue weighted by atomic mass is 16.3. The van der Waals surface area contributed by atoms with Gasteiger partial charge in [0.1, 0.15) is 0 Å². The van der Waals surface area contributed by atoms with Gasteiger partial charge in [-0.1, -0.05) is 42.5 Å². The molecular formula is C18H19NO2. The maximum atomic E-state index is 12.2. The Morgan fingerprint density at radius 3 is 2.57 bits per heavy atom. The molecule has 0 saturated heterocycles. The first-order valence-corrected chi connectivity index (χ1v) is 7.40. The van der Waals surface area contributed by atoms with Crippen molar-refractivity contribution in [3.05, 3.63) is 65.2 Å². The monoisotopic (exact) mass is 281 g/mol. The summed E-state index contributed by atoms with van der Waals surface area (Å²) in [6.45, 7) is 0. The zero-order valence-corrected chi connectivity index (χ0v) is 11.9.